The molecule has 0 amide bonds. The van der Waals surface area contributed by atoms with Crippen LogP contribution in [-0.2, 0) is 14.1 Å². The highest BCUT2D eigenvalue weighted by atomic mass is 32.2. The second kappa shape index (κ2) is 3.98. The Labute approximate surface area is 95.5 Å². The minimum absolute atomic E-state index is 0.264. The lowest BCUT2D eigenvalue weighted by Gasteiger charge is -2.03. The number of fused-ring (bicyclic) bond motifs is 1. The van der Waals surface area contributed by atoms with Crippen LogP contribution < -0.4 is 5.69 Å². The molecule has 6 nitrogen and oxygen atoms in total. The van der Waals surface area contributed by atoms with Crippen molar-refractivity contribution in [3.05, 3.63) is 16.8 Å². The Morgan fingerprint density at radius 2 is 2.31 bits per heavy atom. The van der Waals surface area contributed by atoms with E-state index in [2.05, 4.69) is 9.97 Å². The number of rotatable bonds is 2. The number of aryl methyl sites for hydroxylation is 2. The summed E-state index contributed by atoms with van der Waals surface area (Å²) in [7, 11) is 3.46. The highest BCUT2D eigenvalue weighted by molar-refractivity contribution is 7.99. The van der Waals surface area contributed by atoms with E-state index in [9.17, 15) is 4.79 Å². The van der Waals surface area contributed by atoms with Crippen molar-refractivity contribution in [2.24, 2.45) is 14.1 Å². The molecule has 0 aliphatic rings. The van der Waals surface area contributed by atoms with Crippen LogP contribution in [0.15, 0.2) is 16.1 Å². The fraction of sp³-hybridized carbons (Fsp3) is 0.333. The van der Waals surface area contributed by atoms with Crippen LogP contribution in [0.1, 0.15) is 0 Å². The van der Waals surface area contributed by atoms with Crippen molar-refractivity contribution in [2.75, 3.05) is 5.75 Å². The normalized spacial score (nSPS) is 10.6. The largest absolute Gasteiger partial charge is 0.350 e. The molecule has 0 atom stereocenters. The van der Waals surface area contributed by atoms with E-state index in [4.69, 9.17) is 5.26 Å². The fourth-order valence-electron chi connectivity index (χ4n) is 1.42. The Bertz CT molecular complexity index is 636. The maximum atomic E-state index is 11.5. The summed E-state index contributed by atoms with van der Waals surface area (Å²) in [4.78, 5) is 19.6. The monoisotopic (exact) mass is 235 g/mol. The zero-order chi connectivity index (χ0) is 11.7. The van der Waals surface area contributed by atoms with Crippen LogP contribution in [0.4, 0.5) is 0 Å². The number of nitrogens with zero attached hydrogens (tertiary/aromatic N) is 5. The Hall–Kier alpha value is -1.81. The summed E-state index contributed by atoms with van der Waals surface area (Å²) in [6.45, 7) is 0. The van der Waals surface area contributed by atoms with Crippen molar-refractivity contribution >= 4 is 22.9 Å². The zero-order valence-corrected chi connectivity index (χ0v) is 9.65. The van der Waals surface area contributed by atoms with E-state index in [-0.39, 0.29) is 11.4 Å². The Morgan fingerprint density at radius 1 is 1.56 bits per heavy atom. The number of nitriles is 1. The molecule has 0 aromatic carbocycles. The van der Waals surface area contributed by atoms with Gasteiger partial charge in [0.05, 0.1) is 18.1 Å². The zero-order valence-electron chi connectivity index (χ0n) is 8.84. The van der Waals surface area contributed by atoms with Crippen LogP contribution in [0.5, 0.6) is 0 Å². The molecule has 0 unspecified atom stereocenters. The maximum Gasteiger partial charge on any atom is 0.350 e. The van der Waals surface area contributed by atoms with Gasteiger partial charge in [-0.25, -0.2) is 9.78 Å². The first kappa shape index (κ1) is 10.7. The molecule has 0 bridgehead atoms. The average molecular weight is 235 g/mol. The van der Waals surface area contributed by atoms with Gasteiger partial charge in [0.15, 0.2) is 5.65 Å². The van der Waals surface area contributed by atoms with Crippen LogP contribution in [0.3, 0.4) is 0 Å². The van der Waals surface area contributed by atoms with E-state index in [0.29, 0.717) is 10.7 Å². The number of thioether (sulfide) groups is 1. The van der Waals surface area contributed by atoms with Crippen LogP contribution in [0.25, 0.3) is 11.2 Å². The van der Waals surface area contributed by atoms with Crippen molar-refractivity contribution in [1.82, 2.24) is 19.1 Å². The summed E-state index contributed by atoms with van der Waals surface area (Å²) >= 11 is 1.25. The lowest BCUT2D eigenvalue weighted by Crippen LogP contribution is -2.21. The number of hydrogen-bond acceptors (Lipinski definition) is 5. The first-order valence-electron chi connectivity index (χ1n) is 4.53. The van der Waals surface area contributed by atoms with Crippen LogP contribution in [0.2, 0.25) is 0 Å². The molecule has 0 saturated carbocycles. The Morgan fingerprint density at radius 3 is 3.00 bits per heavy atom. The van der Waals surface area contributed by atoms with E-state index in [1.807, 2.05) is 13.1 Å². The summed E-state index contributed by atoms with van der Waals surface area (Å²) in [5.41, 5.74) is 1.01. The Balaban J connectivity index is 2.73. The van der Waals surface area contributed by atoms with Crippen LogP contribution >= 0.6 is 11.8 Å². The molecule has 16 heavy (non-hydrogen) atoms. The van der Waals surface area contributed by atoms with Gasteiger partial charge in [-0.15, -0.1) is 0 Å². The summed E-state index contributed by atoms with van der Waals surface area (Å²) in [6, 6.07) is 2.01. The van der Waals surface area contributed by atoms with Crippen molar-refractivity contribution in [2.45, 2.75) is 5.03 Å². The van der Waals surface area contributed by atoms with E-state index in [1.54, 1.807) is 17.9 Å². The van der Waals surface area contributed by atoms with Gasteiger partial charge in [0.25, 0.3) is 0 Å². The van der Waals surface area contributed by atoms with Gasteiger partial charge in [-0.2, -0.15) is 10.2 Å². The summed E-state index contributed by atoms with van der Waals surface area (Å²) < 4.78 is 3.19. The summed E-state index contributed by atoms with van der Waals surface area (Å²) in [5, 5.41) is 9.09. The Kier molecular flexibility index (Phi) is 2.66. The van der Waals surface area contributed by atoms with Gasteiger partial charge in [-0.05, 0) is 0 Å². The predicted octanol–water partition coefficient (Wildman–Crippen LogP) is 0.283. The molecule has 2 aromatic heterocycles. The molecule has 0 radical (unpaired) electrons. The number of imidazole rings is 1. The molecule has 0 N–H and O–H groups in total. The standard InChI is InChI=1S/C9H9N5OS/c1-13-5-11-7-6(13)8(16-4-3-10)12-9(15)14(7)2/h5H,4H2,1-2H3. The van der Waals surface area contributed by atoms with Gasteiger partial charge >= 0.3 is 5.69 Å². The smallest absolute Gasteiger partial charge is 0.330 e. The number of hydrogen-bond donors (Lipinski definition) is 0. The maximum absolute atomic E-state index is 11.5. The fourth-order valence-corrected chi connectivity index (χ4v) is 2.13. The van der Waals surface area contributed by atoms with Crippen LogP contribution in [-0.4, -0.2) is 24.9 Å². The molecular weight excluding hydrogens is 226 g/mol. The lowest BCUT2D eigenvalue weighted by atomic mass is 10.5. The van der Waals surface area contributed by atoms with Crippen molar-refractivity contribution in [3.8, 4) is 6.07 Å². The second-order valence-electron chi connectivity index (χ2n) is 3.23. The molecule has 0 aliphatic heterocycles. The van der Waals surface area contributed by atoms with Gasteiger partial charge in [-0.1, -0.05) is 11.8 Å². The van der Waals surface area contributed by atoms with E-state index >= 15 is 0 Å². The minimum Gasteiger partial charge on any atom is -0.330 e. The first-order chi connectivity index (χ1) is 7.65. The van der Waals surface area contributed by atoms with Crippen molar-refractivity contribution in [3.63, 3.8) is 0 Å². The molecule has 0 spiro atoms. The summed E-state index contributed by atoms with van der Waals surface area (Å²) in [6.07, 6.45) is 1.63. The molecular formula is C9H9N5OS. The molecule has 2 heterocycles. The predicted molar refractivity (Wildman–Crippen MR) is 60.1 cm³/mol. The molecule has 0 aliphatic carbocycles. The third kappa shape index (κ3) is 1.57. The SMILES string of the molecule is Cn1cnc2c1c(SCC#N)nc(=O)n2C. The van der Waals surface area contributed by atoms with Gasteiger partial charge in [0.1, 0.15) is 10.5 Å². The van der Waals surface area contributed by atoms with E-state index in [0.717, 1.165) is 5.52 Å². The van der Waals surface area contributed by atoms with E-state index in [1.165, 1.54) is 16.3 Å². The van der Waals surface area contributed by atoms with E-state index < -0.39 is 0 Å². The highest BCUT2D eigenvalue weighted by Gasteiger charge is 2.12. The molecule has 0 fully saturated rings. The molecule has 2 aromatic rings. The third-order valence-electron chi connectivity index (χ3n) is 2.20. The second-order valence-corrected chi connectivity index (χ2v) is 4.20. The van der Waals surface area contributed by atoms with Gasteiger partial charge in [-0.3, -0.25) is 4.57 Å². The molecule has 7 heteroatoms. The van der Waals surface area contributed by atoms with Crippen molar-refractivity contribution in [1.29, 1.82) is 5.26 Å². The summed E-state index contributed by atoms with van der Waals surface area (Å²) in [5.74, 6) is 0.264. The highest BCUT2D eigenvalue weighted by Crippen LogP contribution is 2.22. The first-order valence-corrected chi connectivity index (χ1v) is 5.51. The minimum atomic E-state index is -0.355. The van der Waals surface area contributed by atoms with Gasteiger partial charge in [0, 0.05) is 14.1 Å². The average Bonchev–Trinajstić information content (AvgIpc) is 2.64. The van der Waals surface area contributed by atoms with Crippen molar-refractivity contribution < 1.29 is 0 Å². The number of aromatic nitrogens is 4. The van der Waals surface area contributed by atoms with Crippen LogP contribution in [0, 0.1) is 11.3 Å². The lowest BCUT2D eigenvalue weighted by molar-refractivity contribution is 0.811. The van der Waals surface area contributed by atoms with Gasteiger partial charge in [0.2, 0.25) is 0 Å². The molecule has 82 valence electrons. The topological polar surface area (TPSA) is 76.5 Å². The van der Waals surface area contributed by atoms with Gasteiger partial charge < -0.3 is 4.57 Å². The molecule has 2 rings (SSSR count). The quantitative estimate of drug-likeness (QED) is 0.552. The molecule has 0 saturated heterocycles. The third-order valence-corrected chi connectivity index (χ3v) is 3.03.